The molecule has 1 amide bonds. The highest BCUT2D eigenvalue weighted by Crippen LogP contribution is 2.28. The van der Waals surface area contributed by atoms with Gasteiger partial charge in [-0.15, -0.1) is 0 Å². The number of benzene rings is 1. The van der Waals surface area contributed by atoms with E-state index in [-0.39, 0.29) is 11.9 Å². The number of hydrogen-bond donors (Lipinski definition) is 1. The molecule has 5 nitrogen and oxygen atoms in total. The summed E-state index contributed by atoms with van der Waals surface area (Å²) in [5.74, 6) is -0.0281. The van der Waals surface area contributed by atoms with Crippen LogP contribution in [0, 0.1) is 11.3 Å². The van der Waals surface area contributed by atoms with Crippen LogP contribution >= 0.6 is 11.6 Å². The van der Waals surface area contributed by atoms with Gasteiger partial charge in [-0.2, -0.15) is 5.26 Å². The molecule has 0 aromatic heterocycles. The molecule has 2 aliphatic rings. The van der Waals surface area contributed by atoms with Crippen molar-refractivity contribution in [2.45, 2.75) is 50.6 Å². The molecule has 0 unspecified atom stereocenters. The van der Waals surface area contributed by atoms with Crippen molar-refractivity contribution in [2.75, 3.05) is 31.1 Å². The van der Waals surface area contributed by atoms with E-state index in [4.69, 9.17) is 11.6 Å². The molecule has 1 aromatic rings. The van der Waals surface area contributed by atoms with Crippen molar-refractivity contribution in [1.29, 1.82) is 5.26 Å². The molecule has 1 N–H and O–H groups in total. The van der Waals surface area contributed by atoms with E-state index in [9.17, 15) is 10.1 Å². The van der Waals surface area contributed by atoms with Gasteiger partial charge >= 0.3 is 0 Å². The highest BCUT2D eigenvalue weighted by Gasteiger charge is 2.36. The molecule has 0 radical (unpaired) electrons. The number of piperazine rings is 1. The van der Waals surface area contributed by atoms with Gasteiger partial charge in [0.05, 0.1) is 22.8 Å². The number of carbonyl (C=O) groups is 1. The number of hydrogen-bond acceptors (Lipinski definition) is 4. The zero-order chi connectivity index (χ0) is 18.6. The maximum Gasteiger partial charge on any atom is 0.238 e. The van der Waals surface area contributed by atoms with Crippen LogP contribution in [0.2, 0.25) is 5.02 Å². The molecule has 1 saturated heterocycles. The van der Waals surface area contributed by atoms with Crippen LogP contribution in [0.5, 0.6) is 0 Å². The third kappa shape index (κ3) is 4.13. The molecule has 0 spiro atoms. The minimum absolute atomic E-state index is 0.0281. The summed E-state index contributed by atoms with van der Waals surface area (Å²) >= 11 is 6.30. The summed E-state index contributed by atoms with van der Waals surface area (Å²) in [6.07, 6.45) is 4.71. The molecule has 1 saturated carbocycles. The highest BCUT2D eigenvalue weighted by atomic mass is 35.5. The Morgan fingerprint density at radius 3 is 2.46 bits per heavy atom. The van der Waals surface area contributed by atoms with E-state index in [0.717, 1.165) is 69.0 Å². The topological polar surface area (TPSA) is 59.4 Å². The second-order valence-corrected chi connectivity index (χ2v) is 7.80. The third-order valence-corrected chi connectivity index (χ3v) is 6.04. The van der Waals surface area contributed by atoms with Crippen molar-refractivity contribution in [3.8, 4) is 6.07 Å². The van der Waals surface area contributed by atoms with Gasteiger partial charge in [-0.05, 0) is 31.9 Å². The SMILES string of the molecule is C[C@@H](C(=O)NC1(C#N)CCCCC1)N1CCN(c2ccccc2Cl)CC1. The van der Waals surface area contributed by atoms with Crippen LogP contribution in [0.15, 0.2) is 24.3 Å². The largest absolute Gasteiger partial charge is 0.368 e. The normalized spacial score (nSPS) is 21.7. The predicted molar refractivity (Wildman–Crippen MR) is 104 cm³/mol. The maximum atomic E-state index is 12.7. The van der Waals surface area contributed by atoms with Crippen LogP contribution in [0.3, 0.4) is 0 Å². The average molecular weight is 375 g/mol. The zero-order valence-corrected chi connectivity index (χ0v) is 16.1. The predicted octanol–water partition coefficient (Wildman–Crippen LogP) is 3.19. The average Bonchev–Trinajstić information content (AvgIpc) is 2.68. The molecular formula is C20H27ClN4O. The van der Waals surface area contributed by atoms with E-state index < -0.39 is 5.54 Å². The second kappa shape index (κ2) is 8.28. The molecule has 1 aliphatic carbocycles. The summed E-state index contributed by atoms with van der Waals surface area (Å²) in [5, 5.41) is 13.4. The lowest BCUT2D eigenvalue weighted by atomic mass is 9.82. The van der Waals surface area contributed by atoms with Gasteiger partial charge in [0.2, 0.25) is 5.91 Å². The number of anilines is 1. The lowest BCUT2D eigenvalue weighted by molar-refractivity contribution is -0.127. The lowest BCUT2D eigenvalue weighted by Gasteiger charge is -2.40. The first-order valence-electron chi connectivity index (χ1n) is 9.51. The summed E-state index contributed by atoms with van der Waals surface area (Å²) in [5.41, 5.74) is 0.389. The minimum Gasteiger partial charge on any atom is -0.368 e. The number of nitrogens with one attached hydrogen (secondary N) is 1. The van der Waals surface area contributed by atoms with Gasteiger partial charge in [0.1, 0.15) is 5.54 Å². The Morgan fingerprint density at radius 2 is 1.85 bits per heavy atom. The highest BCUT2D eigenvalue weighted by molar-refractivity contribution is 6.33. The Morgan fingerprint density at radius 1 is 1.19 bits per heavy atom. The van der Waals surface area contributed by atoms with E-state index in [1.54, 1.807) is 0 Å². The number of para-hydroxylation sites is 1. The molecule has 140 valence electrons. The van der Waals surface area contributed by atoms with Crippen LogP contribution in [-0.4, -0.2) is 48.6 Å². The monoisotopic (exact) mass is 374 g/mol. The first-order valence-corrected chi connectivity index (χ1v) is 9.89. The van der Waals surface area contributed by atoms with E-state index in [2.05, 4.69) is 21.2 Å². The molecule has 2 fully saturated rings. The minimum atomic E-state index is -0.664. The summed E-state index contributed by atoms with van der Waals surface area (Å²) in [6.45, 7) is 5.22. The number of rotatable bonds is 4. The Balaban J connectivity index is 1.56. The molecule has 1 heterocycles. The molecular weight excluding hydrogens is 348 g/mol. The van der Waals surface area contributed by atoms with Gasteiger partial charge in [-0.3, -0.25) is 9.69 Å². The van der Waals surface area contributed by atoms with Gasteiger partial charge in [-0.25, -0.2) is 0 Å². The fourth-order valence-corrected chi connectivity index (χ4v) is 4.24. The van der Waals surface area contributed by atoms with E-state index in [1.165, 1.54) is 0 Å². The van der Waals surface area contributed by atoms with E-state index >= 15 is 0 Å². The number of carbonyl (C=O) groups excluding carboxylic acids is 1. The summed E-state index contributed by atoms with van der Waals surface area (Å²) in [7, 11) is 0. The van der Waals surface area contributed by atoms with Gasteiger partial charge in [0, 0.05) is 26.2 Å². The Labute approximate surface area is 160 Å². The van der Waals surface area contributed by atoms with Crippen LogP contribution in [0.4, 0.5) is 5.69 Å². The number of halogens is 1. The van der Waals surface area contributed by atoms with Crippen LogP contribution in [0.1, 0.15) is 39.0 Å². The fourth-order valence-electron chi connectivity index (χ4n) is 3.98. The van der Waals surface area contributed by atoms with E-state index in [1.807, 2.05) is 31.2 Å². The standard InChI is InChI=1S/C20H27ClN4O/c1-16(19(26)23-20(15-22)9-5-2-6-10-20)24-11-13-25(14-12-24)18-8-4-3-7-17(18)21/h3-4,7-8,16H,2,5-6,9-14H2,1H3,(H,23,26)/t16-/m0/s1. The third-order valence-electron chi connectivity index (χ3n) is 5.72. The smallest absolute Gasteiger partial charge is 0.238 e. The quantitative estimate of drug-likeness (QED) is 0.879. The van der Waals surface area contributed by atoms with Crippen molar-refractivity contribution < 1.29 is 4.79 Å². The zero-order valence-electron chi connectivity index (χ0n) is 15.4. The van der Waals surface area contributed by atoms with Gasteiger partial charge in [-0.1, -0.05) is 43.0 Å². The molecule has 26 heavy (non-hydrogen) atoms. The molecule has 1 aromatic carbocycles. The van der Waals surface area contributed by atoms with E-state index in [0.29, 0.717) is 0 Å². The Hall–Kier alpha value is -1.77. The van der Waals surface area contributed by atoms with Crippen molar-refractivity contribution in [1.82, 2.24) is 10.2 Å². The first kappa shape index (κ1) is 19.0. The number of nitrogens with zero attached hydrogens (tertiary/aromatic N) is 3. The second-order valence-electron chi connectivity index (χ2n) is 7.39. The molecule has 3 rings (SSSR count). The van der Waals surface area contributed by atoms with Gasteiger partial charge in [0.25, 0.3) is 0 Å². The van der Waals surface area contributed by atoms with Crippen LogP contribution in [0.25, 0.3) is 0 Å². The molecule has 1 atom stereocenters. The number of nitriles is 1. The van der Waals surface area contributed by atoms with Crippen molar-refractivity contribution >= 4 is 23.2 Å². The Bertz CT molecular complexity index is 673. The van der Waals surface area contributed by atoms with Gasteiger partial charge in [0.15, 0.2) is 0 Å². The van der Waals surface area contributed by atoms with Crippen molar-refractivity contribution in [3.63, 3.8) is 0 Å². The molecule has 1 aliphatic heterocycles. The van der Waals surface area contributed by atoms with Gasteiger partial charge < -0.3 is 10.2 Å². The molecule has 6 heteroatoms. The summed E-state index contributed by atoms with van der Waals surface area (Å²) in [4.78, 5) is 17.2. The van der Waals surface area contributed by atoms with Crippen LogP contribution < -0.4 is 10.2 Å². The van der Waals surface area contributed by atoms with Crippen molar-refractivity contribution in [3.05, 3.63) is 29.3 Å². The van der Waals surface area contributed by atoms with Crippen LogP contribution in [-0.2, 0) is 4.79 Å². The lowest BCUT2D eigenvalue weighted by Crippen LogP contribution is -2.58. The summed E-state index contributed by atoms with van der Waals surface area (Å²) < 4.78 is 0. The Kier molecular flexibility index (Phi) is 6.05. The first-order chi connectivity index (χ1) is 12.5. The molecule has 0 bridgehead atoms. The maximum absolute atomic E-state index is 12.7. The number of amides is 1. The van der Waals surface area contributed by atoms with Crippen molar-refractivity contribution in [2.24, 2.45) is 0 Å². The summed E-state index contributed by atoms with van der Waals surface area (Å²) in [6, 6.07) is 10.0. The fraction of sp³-hybridized carbons (Fsp3) is 0.600.